The number of phenols is 1. The highest BCUT2D eigenvalue weighted by molar-refractivity contribution is 5.83. The van der Waals surface area contributed by atoms with Crippen LogP contribution in [0.1, 0.15) is 67.2 Å². The molecule has 2 N–H and O–H groups in total. The Morgan fingerprint density at radius 2 is 1.97 bits per heavy atom. The molecular formula is C26H31NO3. The van der Waals surface area contributed by atoms with E-state index in [1.54, 1.807) is 6.21 Å². The molecule has 0 aliphatic heterocycles. The van der Waals surface area contributed by atoms with Gasteiger partial charge >= 0.3 is 0 Å². The number of nitrogens with zero attached hydrogens (tertiary/aromatic N) is 1. The fourth-order valence-electron chi connectivity index (χ4n) is 6.48. The van der Waals surface area contributed by atoms with E-state index in [2.05, 4.69) is 18.1 Å². The van der Waals surface area contributed by atoms with Crippen LogP contribution in [-0.4, -0.2) is 22.5 Å². The standard InChI is InChI=1S/C26H31NO3/c1-26-12-11-20-21(23(26)9-10-25(26)29)8-7-18-14-24(28)19(13-22(18)20)15-27-30-16-17-5-3-2-4-6-17/h2-6,13-15,20-21,23,25,28-29H,7-12,16H2,1H3/b27-15+/t20-,21+,23-,25-,26-/m0/s1. The van der Waals surface area contributed by atoms with Crippen molar-refractivity contribution in [1.29, 1.82) is 0 Å². The number of aromatic hydroxyl groups is 1. The summed E-state index contributed by atoms with van der Waals surface area (Å²) in [6, 6.07) is 14.0. The summed E-state index contributed by atoms with van der Waals surface area (Å²) < 4.78 is 0. The van der Waals surface area contributed by atoms with Gasteiger partial charge in [0.05, 0.1) is 12.3 Å². The van der Waals surface area contributed by atoms with Crippen LogP contribution in [0.15, 0.2) is 47.6 Å². The summed E-state index contributed by atoms with van der Waals surface area (Å²) in [7, 11) is 0. The first kappa shape index (κ1) is 19.6. The minimum absolute atomic E-state index is 0.0884. The third-order valence-corrected chi connectivity index (χ3v) is 8.16. The minimum Gasteiger partial charge on any atom is -0.507 e. The highest BCUT2D eigenvalue weighted by atomic mass is 16.6. The zero-order valence-corrected chi connectivity index (χ0v) is 17.6. The molecule has 0 saturated heterocycles. The Morgan fingerprint density at radius 3 is 2.80 bits per heavy atom. The van der Waals surface area contributed by atoms with E-state index in [0.29, 0.717) is 24.4 Å². The number of benzene rings is 2. The third kappa shape index (κ3) is 3.31. The lowest BCUT2D eigenvalue weighted by atomic mass is 9.55. The maximum absolute atomic E-state index is 10.6. The van der Waals surface area contributed by atoms with Gasteiger partial charge in [-0.25, -0.2) is 0 Å². The van der Waals surface area contributed by atoms with Gasteiger partial charge in [0.15, 0.2) is 0 Å². The summed E-state index contributed by atoms with van der Waals surface area (Å²) in [5, 5.41) is 25.2. The lowest BCUT2D eigenvalue weighted by molar-refractivity contribution is -0.0226. The van der Waals surface area contributed by atoms with Crippen molar-refractivity contribution in [1.82, 2.24) is 0 Å². The van der Waals surface area contributed by atoms with Crippen LogP contribution in [-0.2, 0) is 17.9 Å². The van der Waals surface area contributed by atoms with Crippen molar-refractivity contribution in [3.8, 4) is 5.75 Å². The SMILES string of the molecule is C[C@]12CC[C@@H]3c4cc(/C=N/OCc5ccccc5)c(O)cc4CC[C@H]3[C@@H]1CC[C@@H]2O. The van der Waals surface area contributed by atoms with Crippen LogP contribution in [0, 0.1) is 17.3 Å². The van der Waals surface area contributed by atoms with Gasteiger partial charge in [0.2, 0.25) is 0 Å². The fraction of sp³-hybridized carbons (Fsp3) is 0.500. The number of rotatable bonds is 4. The Morgan fingerprint density at radius 1 is 1.13 bits per heavy atom. The normalized spacial score (nSPS) is 32.5. The van der Waals surface area contributed by atoms with Crippen molar-refractivity contribution >= 4 is 6.21 Å². The van der Waals surface area contributed by atoms with Gasteiger partial charge in [-0.3, -0.25) is 0 Å². The maximum atomic E-state index is 10.6. The van der Waals surface area contributed by atoms with E-state index < -0.39 is 0 Å². The minimum atomic E-state index is -0.144. The summed E-state index contributed by atoms with van der Waals surface area (Å²) in [5.41, 5.74) is 4.53. The molecule has 3 aliphatic rings. The molecule has 0 bridgehead atoms. The van der Waals surface area contributed by atoms with Gasteiger partial charge < -0.3 is 15.1 Å². The maximum Gasteiger partial charge on any atom is 0.142 e. The first-order valence-corrected chi connectivity index (χ1v) is 11.3. The average molecular weight is 406 g/mol. The Balaban J connectivity index is 1.35. The first-order chi connectivity index (χ1) is 14.6. The van der Waals surface area contributed by atoms with Crippen LogP contribution in [0.2, 0.25) is 0 Å². The Bertz CT molecular complexity index is 941. The van der Waals surface area contributed by atoms with Crippen LogP contribution >= 0.6 is 0 Å². The largest absolute Gasteiger partial charge is 0.507 e. The Hall–Kier alpha value is -2.33. The number of aliphatic hydroxyl groups excluding tert-OH is 1. The van der Waals surface area contributed by atoms with Crippen molar-refractivity contribution < 1.29 is 15.1 Å². The Kier molecular flexibility index (Phi) is 5.06. The smallest absolute Gasteiger partial charge is 0.142 e. The highest BCUT2D eigenvalue weighted by Crippen LogP contribution is 2.61. The molecule has 0 heterocycles. The van der Waals surface area contributed by atoms with Crippen LogP contribution < -0.4 is 0 Å². The monoisotopic (exact) mass is 405 g/mol. The number of fused-ring (bicyclic) bond motifs is 5. The molecular weight excluding hydrogens is 374 g/mol. The molecule has 5 atom stereocenters. The summed E-state index contributed by atoms with van der Waals surface area (Å²) in [5.74, 6) is 2.04. The molecule has 2 saturated carbocycles. The van der Waals surface area contributed by atoms with Gasteiger partial charge in [0.25, 0.3) is 0 Å². The molecule has 0 amide bonds. The van der Waals surface area contributed by atoms with Gasteiger partial charge in [-0.2, -0.15) is 0 Å². The second-order valence-corrected chi connectivity index (χ2v) is 9.66. The molecule has 4 nitrogen and oxygen atoms in total. The molecule has 0 unspecified atom stereocenters. The van der Waals surface area contributed by atoms with E-state index >= 15 is 0 Å². The summed E-state index contributed by atoms with van der Waals surface area (Å²) >= 11 is 0. The van der Waals surface area contributed by atoms with Gasteiger partial charge in [-0.05, 0) is 90.5 Å². The van der Waals surface area contributed by atoms with Crippen molar-refractivity contribution in [3.05, 3.63) is 64.7 Å². The van der Waals surface area contributed by atoms with Crippen LogP contribution in [0.5, 0.6) is 5.75 Å². The summed E-state index contributed by atoms with van der Waals surface area (Å²) in [6.45, 7) is 2.72. The van der Waals surface area contributed by atoms with Gasteiger partial charge in [-0.1, -0.05) is 42.4 Å². The van der Waals surface area contributed by atoms with E-state index in [1.165, 1.54) is 11.1 Å². The summed E-state index contributed by atoms with van der Waals surface area (Å²) in [6.07, 6.45) is 7.96. The molecule has 4 heteroatoms. The van der Waals surface area contributed by atoms with Gasteiger partial charge in [0, 0.05) is 5.56 Å². The number of aryl methyl sites for hydroxylation is 1. The molecule has 0 spiro atoms. The number of phenolic OH excluding ortho intramolecular Hbond substituents is 1. The van der Waals surface area contributed by atoms with Crippen molar-refractivity contribution in [3.63, 3.8) is 0 Å². The number of hydrogen-bond acceptors (Lipinski definition) is 4. The van der Waals surface area contributed by atoms with Crippen molar-refractivity contribution in [2.24, 2.45) is 22.4 Å². The number of hydrogen-bond donors (Lipinski definition) is 2. The van der Waals surface area contributed by atoms with E-state index in [-0.39, 0.29) is 17.3 Å². The fourth-order valence-corrected chi connectivity index (χ4v) is 6.48. The third-order valence-electron chi connectivity index (χ3n) is 8.16. The lowest BCUT2D eigenvalue weighted by Crippen LogP contribution is -2.43. The van der Waals surface area contributed by atoms with Gasteiger partial charge in [-0.15, -0.1) is 0 Å². The predicted octanol–water partition coefficient (Wildman–Crippen LogP) is 5.16. The predicted molar refractivity (Wildman–Crippen MR) is 118 cm³/mol. The van der Waals surface area contributed by atoms with Gasteiger partial charge in [0.1, 0.15) is 12.4 Å². The molecule has 3 aliphatic carbocycles. The van der Waals surface area contributed by atoms with E-state index in [4.69, 9.17) is 4.84 Å². The molecule has 0 radical (unpaired) electrons. The molecule has 30 heavy (non-hydrogen) atoms. The molecule has 2 aromatic carbocycles. The Labute approximate surface area is 178 Å². The number of oxime groups is 1. The van der Waals surface area contributed by atoms with E-state index in [0.717, 1.165) is 49.7 Å². The van der Waals surface area contributed by atoms with E-state index in [9.17, 15) is 10.2 Å². The quantitative estimate of drug-likeness (QED) is 0.546. The topological polar surface area (TPSA) is 62.0 Å². The second kappa shape index (κ2) is 7.73. The zero-order valence-electron chi connectivity index (χ0n) is 17.6. The second-order valence-electron chi connectivity index (χ2n) is 9.66. The van der Waals surface area contributed by atoms with Crippen LogP contribution in [0.4, 0.5) is 0 Å². The van der Waals surface area contributed by atoms with Crippen LogP contribution in [0.25, 0.3) is 0 Å². The zero-order chi connectivity index (χ0) is 20.7. The first-order valence-electron chi connectivity index (χ1n) is 11.3. The molecule has 2 aromatic rings. The van der Waals surface area contributed by atoms with Crippen LogP contribution in [0.3, 0.4) is 0 Å². The molecule has 5 rings (SSSR count). The lowest BCUT2D eigenvalue weighted by Gasteiger charge is -2.50. The van der Waals surface area contributed by atoms with E-state index in [1.807, 2.05) is 36.4 Å². The summed E-state index contributed by atoms with van der Waals surface area (Å²) in [4.78, 5) is 5.44. The molecule has 2 fully saturated rings. The molecule has 158 valence electrons. The van der Waals surface area contributed by atoms with Crippen molar-refractivity contribution in [2.45, 2.75) is 64.1 Å². The molecule has 0 aromatic heterocycles. The van der Waals surface area contributed by atoms with Crippen molar-refractivity contribution in [2.75, 3.05) is 0 Å². The average Bonchev–Trinajstić information content (AvgIpc) is 3.06. The highest BCUT2D eigenvalue weighted by Gasteiger charge is 2.54. The number of aliphatic hydroxyl groups is 1.